The van der Waals surface area contributed by atoms with Gasteiger partial charge in [0, 0.05) is 23.2 Å². The molecule has 0 aliphatic rings. The van der Waals surface area contributed by atoms with E-state index in [4.69, 9.17) is 5.73 Å². The highest BCUT2D eigenvalue weighted by molar-refractivity contribution is 7.99. The third-order valence-corrected chi connectivity index (χ3v) is 3.78. The van der Waals surface area contributed by atoms with Crippen LogP contribution in [0, 0.1) is 0 Å². The Morgan fingerprint density at radius 2 is 2.19 bits per heavy atom. The summed E-state index contributed by atoms with van der Waals surface area (Å²) in [4.78, 5) is 13.0. The molecule has 1 heterocycles. The second kappa shape index (κ2) is 7.80. The molecule has 3 N–H and O–H groups in total. The maximum Gasteiger partial charge on any atom is 0.241 e. The van der Waals surface area contributed by atoms with E-state index >= 15 is 0 Å². The molecule has 0 bridgehead atoms. The second-order valence-electron chi connectivity index (χ2n) is 4.64. The number of hydrogen-bond acceptors (Lipinski definition) is 5. The van der Waals surface area contributed by atoms with Gasteiger partial charge in [0.05, 0.1) is 11.9 Å². The largest absolute Gasteiger partial charge is 0.354 e. The van der Waals surface area contributed by atoms with Crippen molar-refractivity contribution in [1.29, 1.82) is 0 Å². The number of carbonyl (C=O) groups excluding carboxylic acids is 1. The molecule has 7 heteroatoms. The molecule has 21 heavy (non-hydrogen) atoms. The Bertz CT molecular complexity index is 570. The first-order chi connectivity index (χ1) is 10.1. The van der Waals surface area contributed by atoms with E-state index in [1.54, 1.807) is 18.0 Å². The maximum absolute atomic E-state index is 11.8. The fourth-order valence-corrected chi connectivity index (χ4v) is 2.47. The molecule has 1 aromatic carbocycles. The van der Waals surface area contributed by atoms with Crippen LogP contribution in [-0.4, -0.2) is 33.2 Å². The number of nitrogens with one attached hydrogen (secondary N) is 1. The van der Waals surface area contributed by atoms with Gasteiger partial charge in [-0.3, -0.25) is 4.79 Å². The molecule has 1 atom stereocenters. The van der Waals surface area contributed by atoms with Crippen molar-refractivity contribution < 1.29 is 4.79 Å². The summed E-state index contributed by atoms with van der Waals surface area (Å²) in [5.41, 5.74) is 6.38. The van der Waals surface area contributed by atoms with E-state index in [0.717, 1.165) is 5.75 Å². The van der Waals surface area contributed by atoms with E-state index in [2.05, 4.69) is 27.8 Å². The summed E-state index contributed by atoms with van der Waals surface area (Å²) in [5.74, 6) is 0.753. The van der Waals surface area contributed by atoms with Gasteiger partial charge in [-0.05, 0) is 19.1 Å². The van der Waals surface area contributed by atoms with E-state index in [-0.39, 0.29) is 18.5 Å². The lowest BCUT2D eigenvalue weighted by Crippen LogP contribution is -2.29. The molecule has 6 nitrogen and oxygen atoms in total. The van der Waals surface area contributed by atoms with Crippen LogP contribution in [0.3, 0.4) is 0 Å². The molecule has 0 saturated carbocycles. The van der Waals surface area contributed by atoms with Crippen LogP contribution in [-0.2, 0) is 11.3 Å². The normalized spacial score (nSPS) is 12.1. The van der Waals surface area contributed by atoms with Crippen LogP contribution >= 0.6 is 11.8 Å². The van der Waals surface area contributed by atoms with Crippen LogP contribution in [0.1, 0.15) is 18.7 Å². The molecule has 1 aromatic heterocycles. The van der Waals surface area contributed by atoms with Gasteiger partial charge in [-0.15, -0.1) is 16.9 Å². The van der Waals surface area contributed by atoms with Crippen LogP contribution in [0.2, 0.25) is 0 Å². The van der Waals surface area contributed by atoms with Crippen molar-refractivity contribution in [2.75, 3.05) is 12.3 Å². The highest BCUT2D eigenvalue weighted by Gasteiger charge is 2.08. The number of thioether (sulfide) groups is 1. The van der Waals surface area contributed by atoms with Crippen LogP contribution in [0.4, 0.5) is 0 Å². The number of nitrogens with two attached hydrogens (primary N) is 1. The fourth-order valence-electron chi connectivity index (χ4n) is 1.68. The van der Waals surface area contributed by atoms with Gasteiger partial charge in [-0.1, -0.05) is 23.4 Å². The first kappa shape index (κ1) is 15.5. The minimum Gasteiger partial charge on any atom is -0.354 e. The minimum atomic E-state index is -0.177. The first-order valence-electron chi connectivity index (χ1n) is 6.75. The summed E-state index contributed by atoms with van der Waals surface area (Å²) >= 11 is 1.71. The topological polar surface area (TPSA) is 85.8 Å². The van der Waals surface area contributed by atoms with Crippen LogP contribution in [0.25, 0.3) is 0 Å². The Morgan fingerprint density at radius 3 is 2.86 bits per heavy atom. The average Bonchev–Trinajstić information content (AvgIpc) is 2.93. The number of rotatable bonds is 7. The Morgan fingerprint density at radius 1 is 1.43 bits per heavy atom. The molecule has 0 radical (unpaired) electrons. The average molecular weight is 305 g/mol. The van der Waals surface area contributed by atoms with Gasteiger partial charge in [0.15, 0.2) is 0 Å². The van der Waals surface area contributed by atoms with Gasteiger partial charge in [0.2, 0.25) is 5.91 Å². The molecule has 2 rings (SSSR count). The van der Waals surface area contributed by atoms with Gasteiger partial charge in [0.1, 0.15) is 6.54 Å². The standard InChI is InChI=1S/C14H19N5OS/c1-11(15)13-9-19(18-17-13)10-14(20)16-7-8-21-12-5-3-2-4-6-12/h2-6,9,11H,7-8,10,15H2,1H3,(H,16,20). The first-order valence-corrected chi connectivity index (χ1v) is 7.74. The van der Waals surface area contributed by atoms with E-state index in [1.165, 1.54) is 9.58 Å². The summed E-state index contributed by atoms with van der Waals surface area (Å²) in [6.45, 7) is 2.61. The number of carbonyl (C=O) groups is 1. The lowest BCUT2D eigenvalue weighted by Gasteiger charge is -2.05. The molecule has 0 fully saturated rings. The van der Waals surface area contributed by atoms with Crippen LogP contribution in [0.5, 0.6) is 0 Å². The molecule has 1 unspecified atom stereocenters. The van der Waals surface area contributed by atoms with E-state index < -0.39 is 0 Å². The number of benzene rings is 1. The second-order valence-corrected chi connectivity index (χ2v) is 5.81. The predicted molar refractivity (Wildman–Crippen MR) is 82.8 cm³/mol. The van der Waals surface area contributed by atoms with Crippen molar-refractivity contribution in [3.8, 4) is 0 Å². The van der Waals surface area contributed by atoms with Crippen molar-refractivity contribution in [2.45, 2.75) is 24.4 Å². The molecule has 0 aliphatic carbocycles. The van der Waals surface area contributed by atoms with Gasteiger partial charge in [-0.25, -0.2) is 4.68 Å². The van der Waals surface area contributed by atoms with E-state index in [1.807, 2.05) is 25.1 Å². The molecular weight excluding hydrogens is 286 g/mol. The molecular formula is C14H19N5OS. The van der Waals surface area contributed by atoms with Crippen LogP contribution < -0.4 is 11.1 Å². The zero-order valence-electron chi connectivity index (χ0n) is 11.9. The monoisotopic (exact) mass is 305 g/mol. The molecule has 112 valence electrons. The van der Waals surface area contributed by atoms with Gasteiger partial charge >= 0.3 is 0 Å². The summed E-state index contributed by atoms with van der Waals surface area (Å²) in [5, 5.41) is 10.6. The molecule has 0 aliphatic heterocycles. The zero-order chi connectivity index (χ0) is 15.1. The molecule has 1 amide bonds. The third-order valence-electron chi connectivity index (χ3n) is 2.76. The van der Waals surface area contributed by atoms with Crippen molar-refractivity contribution in [3.63, 3.8) is 0 Å². The lowest BCUT2D eigenvalue weighted by atomic mass is 10.3. The minimum absolute atomic E-state index is 0.0789. The summed E-state index contributed by atoms with van der Waals surface area (Å²) in [6, 6.07) is 9.92. The quantitative estimate of drug-likeness (QED) is 0.593. The molecule has 0 saturated heterocycles. The van der Waals surface area contributed by atoms with Crippen LogP contribution in [0.15, 0.2) is 41.4 Å². The summed E-state index contributed by atoms with van der Waals surface area (Å²) < 4.78 is 1.50. The highest BCUT2D eigenvalue weighted by Crippen LogP contribution is 2.15. The number of aromatic nitrogens is 3. The molecule has 0 spiro atoms. The number of hydrogen-bond donors (Lipinski definition) is 2. The summed E-state index contributed by atoms with van der Waals surface area (Å²) in [6.07, 6.45) is 1.70. The maximum atomic E-state index is 11.8. The van der Waals surface area contributed by atoms with Crippen molar-refractivity contribution in [1.82, 2.24) is 20.3 Å². The van der Waals surface area contributed by atoms with Gasteiger partial charge in [-0.2, -0.15) is 0 Å². The third kappa shape index (κ3) is 5.20. The SMILES string of the molecule is CC(N)c1cn(CC(=O)NCCSc2ccccc2)nn1. The Kier molecular flexibility index (Phi) is 5.77. The Balaban J connectivity index is 1.67. The fraction of sp³-hybridized carbons (Fsp3) is 0.357. The van der Waals surface area contributed by atoms with Crippen molar-refractivity contribution in [2.24, 2.45) is 5.73 Å². The number of nitrogens with zero attached hydrogens (tertiary/aromatic N) is 3. The molecule has 2 aromatic rings. The Labute approximate surface area is 128 Å². The number of amides is 1. The lowest BCUT2D eigenvalue weighted by molar-refractivity contribution is -0.121. The van der Waals surface area contributed by atoms with Gasteiger partial charge in [0.25, 0.3) is 0 Å². The van der Waals surface area contributed by atoms with Crippen molar-refractivity contribution >= 4 is 17.7 Å². The smallest absolute Gasteiger partial charge is 0.241 e. The Hall–Kier alpha value is -1.86. The van der Waals surface area contributed by atoms with E-state index in [9.17, 15) is 4.79 Å². The van der Waals surface area contributed by atoms with Gasteiger partial charge < -0.3 is 11.1 Å². The predicted octanol–water partition coefficient (Wildman–Crippen LogP) is 1.21. The summed E-state index contributed by atoms with van der Waals surface area (Å²) in [7, 11) is 0. The van der Waals surface area contributed by atoms with E-state index in [0.29, 0.717) is 12.2 Å². The van der Waals surface area contributed by atoms with Crippen molar-refractivity contribution in [3.05, 3.63) is 42.2 Å². The highest BCUT2D eigenvalue weighted by atomic mass is 32.2. The zero-order valence-corrected chi connectivity index (χ0v) is 12.7.